The minimum absolute atomic E-state index is 0.419. The number of carbonyl (C=O) groups excluding carboxylic acids is 4. The number of amides is 4. The normalized spacial score (nSPS) is 22.1. The Balaban J connectivity index is 2.18. The summed E-state index contributed by atoms with van der Waals surface area (Å²) in [6.07, 6.45) is 0.839. The molecule has 7 nitrogen and oxygen atoms in total. The van der Waals surface area contributed by atoms with Crippen molar-refractivity contribution in [3.05, 3.63) is 0 Å². The zero-order valence-corrected chi connectivity index (χ0v) is 8.61. The molecule has 0 atom stereocenters. The molecule has 0 aromatic heterocycles. The summed E-state index contributed by atoms with van der Waals surface area (Å²) in [5.41, 5.74) is -1.11. The number of rotatable bonds is 2. The fourth-order valence-electron chi connectivity index (χ4n) is 1.64. The molecule has 0 aromatic carbocycles. The van der Waals surface area contributed by atoms with Crippen molar-refractivity contribution in [2.24, 2.45) is 5.41 Å². The third kappa shape index (κ3) is 1.36. The number of barbiturate groups is 1. The average molecular weight is 226 g/mol. The van der Waals surface area contributed by atoms with Gasteiger partial charge in [-0.05, 0) is 12.8 Å². The van der Waals surface area contributed by atoms with Gasteiger partial charge >= 0.3 is 12.0 Å². The van der Waals surface area contributed by atoms with Crippen LogP contribution in [-0.4, -0.2) is 42.4 Å². The van der Waals surface area contributed by atoms with Gasteiger partial charge in [0.25, 0.3) is 0 Å². The van der Waals surface area contributed by atoms with E-state index in [1.165, 1.54) is 0 Å². The van der Waals surface area contributed by atoms with Gasteiger partial charge < -0.3 is 4.74 Å². The minimum Gasteiger partial charge on any atom is -0.468 e. The molecular weight excluding hydrogens is 216 g/mol. The van der Waals surface area contributed by atoms with Crippen molar-refractivity contribution < 1.29 is 23.9 Å². The number of hydrogen-bond acceptors (Lipinski definition) is 5. The summed E-state index contributed by atoms with van der Waals surface area (Å²) in [6, 6.07) is -0.863. The molecule has 1 heterocycles. The van der Waals surface area contributed by atoms with Gasteiger partial charge in [0.05, 0.1) is 7.11 Å². The number of esters is 1. The van der Waals surface area contributed by atoms with E-state index in [9.17, 15) is 19.2 Å². The van der Waals surface area contributed by atoms with E-state index in [4.69, 9.17) is 0 Å². The highest BCUT2D eigenvalue weighted by Gasteiger charge is 2.62. The summed E-state index contributed by atoms with van der Waals surface area (Å²) in [6.45, 7) is -0.462. The van der Waals surface area contributed by atoms with E-state index in [2.05, 4.69) is 10.1 Å². The first-order valence-electron chi connectivity index (χ1n) is 4.75. The van der Waals surface area contributed by atoms with E-state index in [0.29, 0.717) is 12.8 Å². The van der Waals surface area contributed by atoms with Crippen molar-refractivity contribution >= 4 is 23.8 Å². The Morgan fingerprint density at radius 1 is 1.44 bits per heavy atom. The second-order valence-electron chi connectivity index (χ2n) is 3.81. The van der Waals surface area contributed by atoms with Crippen LogP contribution in [0.4, 0.5) is 4.79 Å². The van der Waals surface area contributed by atoms with Crippen molar-refractivity contribution in [1.29, 1.82) is 0 Å². The first kappa shape index (κ1) is 10.6. The third-order valence-corrected chi connectivity index (χ3v) is 2.82. The SMILES string of the molecule is COC(=O)CN1C(=O)NC(=O)C2(CC2)C1=O. The molecule has 1 saturated heterocycles. The highest BCUT2D eigenvalue weighted by atomic mass is 16.5. The van der Waals surface area contributed by atoms with Crippen LogP contribution in [0.25, 0.3) is 0 Å². The van der Waals surface area contributed by atoms with Gasteiger partial charge in [-0.3, -0.25) is 24.6 Å². The maximum atomic E-state index is 11.8. The van der Waals surface area contributed by atoms with Crippen molar-refractivity contribution in [3.63, 3.8) is 0 Å². The summed E-state index contributed by atoms with van der Waals surface area (Å²) in [4.78, 5) is 46.3. The summed E-state index contributed by atoms with van der Waals surface area (Å²) >= 11 is 0. The Morgan fingerprint density at radius 2 is 2.06 bits per heavy atom. The van der Waals surface area contributed by atoms with Crippen LogP contribution in [0.15, 0.2) is 0 Å². The van der Waals surface area contributed by atoms with Gasteiger partial charge in [-0.2, -0.15) is 0 Å². The molecule has 2 rings (SSSR count). The van der Waals surface area contributed by atoms with Crippen LogP contribution in [0, 0.1) is 5.41 Å². The van der Waals surface area contributed by atoms with E-state index in [-0.39, 0.29) is 0 Å². The minimum atomic E-state index is -1.11. The van der Waals surface area contributed by atoms with Gasteiger partial charge in [-0.15, -0.1) is 0 Å². The molecule has 1 spiro atoms. The van der Waals surface area contributed by atoms with E-state index in [1.54, 1.807) is 0 Å². The first-order valence-corrected chi connectivity index (χ1v) is 4.75. The maximum absolute atomic E-state index is 11.8. The molecule has 1 saturated carbocycles. The number of nitrogens with one attached hydrogen (secondary N) is 1. The number of imide groups is 2. The molecule has 0 aromatic rings. The number of urea groups is 1. The van der Waals surface area contributed by atoms with Crippen LogP contribution in [0.3, 0.4) is 0 Å². The highest BCUT2D eigenvalue weighted by molar-refractivity contribution is 6.21. The zero-order valence-electron chi connectivity index (χ0n) is 8.61. The predicted octanol–water partition coefficient (Wildman–Crippen LogP) is -0.982. The van der Waals surface area contributed by atoms with Crippen molar-refractivity contribution in [1.82, 2.24) is 10.2 Å². The molecule has 2 aliphatic rings. The highest BCUT2D eigenvalue weighted by Crippen LogP contribution is 2.48. The third-order valence-electron chi connectivity index (χ3n) is 2.82. The molecule has 0 radical (unpaired) electrons. The lowest BCUT2D eigenvalue weighted by Crippen LogP contribution is -2.60. The quantitative estimate of drug-likeness (QED) is 0.482. The Labute approximate surface area is 90.7 Å². The van der Waals surface area contributed by atoms with Gasteiger partial charge in [0.1, 0.15) is 12.0 Å². The van der Waals surface area contributed by atoms with Gasteiger partial charge in [0.15, 0.2) is 0 Å². The fourth-order valence-corrected chi connectivity index (χ4v) is 1.64. The summed E-state index contributed by atoms with van der Waals surface area (Å²) in [5, 5.41) is 2.06. The second kappa shape index (κ2) is 3.29. The number of nitrogens with zero attached hydrogens (tertiary/aromatic N) is 1. The lowest BCUT2D eigenvalue weighted by Gasteiger charge is -2.29. The molecule has 0 bridgehead atoms. The molecule has 7 heteroatoms. The van der Waals surface area contributed by atoms with Crippen LogP contribution >= 0.6 is 0 Å². The topological polar surface area (TPSA) is 92.8 Å². The fraction of sp³-hybridized carbons (Fsp3) is 0.556. The molecule has 4 amide bonds. The van der Waals surface area contributed by atoms with Crippen LogP contribution < -0.4 is 5.32 Å². The predicted molar refractivity (Wildman–Crippen MR) is 48.9 cm³/mol. The van der Waals surface area contributed by atoms with E-state index >= 15 is 0 Å². The largest absolute Gasteiger partial charge is 0.468 e. The van der Waals surface area contributed by atoms with E-state index < -0.39 is 35.8 Å². The van der Waals surface area contributed by atoms with Crippen LogP contribution in [0.5, 0.6) is 0 Å². The molecule has 1 aliphatic carbocycles. The Morgan fingerprint density at radius 3 is 2.56 bits per heavy atom. The zero-order chi connectivity index (χ0) is 11.9. The molecule has 86 valence electrons. The average Bonchev–Trinajstić information content (AvgIpc) is 3.03. The van der Waals surface area contributed by atoms with E-state index in [0.717, 1.165) is 12.0 Å². The summed E-state index contributed by atoms with van der Waals surface area (Å²) in [7, 11) is 1.16. The van der Waals surface area contributed by atoms with Crippen molar-refractivity contribution in [2.75, 3.05) is 13.7 Å². The molecule has 1 aliphatic heterocycles. The number of ether oxygens (including phenoxy) is 1. The smallest absolute Gasteiger partial charge is 0.331 e. The summed E-state index contributed by atoms with van der Waals surface area (Å²) in [5.74, 6) is -1.87. The number of methoxy groups -OCH3 is 1. The second-order valence-corrected chi connectivity index (χ2v) is 3.81. The Bertz CT molecular complexity index is 399. The van der Waals surface area contributed by atoms with Gasteiger partial charge in [0, 0.05) is 0 Å². The van der Waals surface area contributed by atoms with Crippen LogP contribution in [0.1, 0.15) is 12.8 Å². The Kier molecular flexibility index (Phi) is 2.18. The van der Waals surface area contributed by atoms with Gasteiger partial charge in [0.2, 0.25) is 11.8 Å². The van der Waals surface area contributed by atoms with Crippen molar-refractivity contribution in [2.45, 2.75) is 12.8 Å². The molecule has 0 unspecified atom stereocenters. The maximum Gasteiger partial charge on any atom is 0.331 e. The molecule has 2 fully saturated rings. The first-order chi connectivity index (χ1) is 7.51. The lowest BCUT2D eigenvalue weighted by molar-refractivity contribution is -0.151. The monoisotopic (exact) mass is 226 g/mol. The molecule has 1 N–H and O–H groups in total. The molecular formula is C9H10N2O5. The van der Waals surface area contributed by atoms with Crippen LogP contribution in [-0.2, 0) is 19.1 Å². The van der Waals surface area contributed by atoms with Gasteiger partial charge in [-0.1, -0.05) is 0 Å². The van der Waals surface area contributed by atoms with E-state index in [1.807, 2.05) is 0 Å². The number of carbonyl (C=O) groups is 4. The Hall–Kier alpha value is -1.92. The standard InChI is InChI=1S/C9H10N2O5/c1-16-5(12)4-11-7(14)9(2-3-9)6(13)10-8(11)15/h2-4H2,1H3,(H,10,13,15). The van der Waals surface area contributed by atoms with Gasteiger partial charge in [-0.25, -0.2) is 4.79 Å². The number of hydrogen-bond donors (Lipinski definition) is 1. The van der Waals surface area contributed by atoms with Crippen molar-refractivity contribution in [3.8, 4) is 0 Å². The summed E-state index contributed by atoms with van der Waals surface area (Å²) < 4.78 is 4.37. The molecule has 16 heavy (non-hydrogen) atoms. The van der Waals surface area contributed by atoms with Crippen LogP contribution in [0.2, 0.25) is 0 Å². The lowest BCUT2D eigenvalue weighted by atomic mass is 10.0.